The van der Waals surface area contributed by atoms with E-state index in [4.69, 9.17) is 4.74 Å². The van der Waals surface area contributed by atoms with Crippen molar-refractivity contribution in [1.29, 1.82) is 0 Å². The molecule has 43 heavy (non-hydrogen) atoms. The summed E-state index contributed by atoms with van der Waals surface area (Å²) in [6.45, 7) is 13.7. The van der Waals surface area contributed by atoms with Crippen LogP contribution >= 0.6 is 0 Å². The van der Waals surface area contributed by atoms with Crippen LogP contribution in [0.1, 0.15) is 33.4 Å². The molecule has 1 aliphatic rings. The molecule has 0 spiro atoms. The molecule has 1 heterocycles. The highest BCUT2D eigenvalue weighted by molar-refractivity contribution is 7.01. The van der Waals surface area contributed by atoms with Gasteiger partial charge in [-0.3, -0.25) is 0 Å². The van der Waals surface area contributed by atoms with Crippen molar-refractivity contribution in [3.05, 3.63) is 143 Å². The molecule has 3 heteroatoms. The SMILES string of the molecule is Cc1cc(C)c(B(c2c(C)cc(C)cc2C)c2cccc3cccc(B4c5ccccc5Oc5ccccc54)c23)c(C)c1. The third-order valence-corrected chi connectivity index (χ3v) is 9.32. The van der Waals surface area contributed by atoms with Crippen molar-refractivity contribution in [2.75, 3.05) is 0 Å². The number of para-hydroxylation sites is 2. The quantitative estimate of drug-likeness (QED) is 0.249. The van der Waals surface area contributed by atoms with Gasteiger partial charge >= 0.3 is 0 Å². The Labute approximate surface area is 256 Å². The van der Waals surface area contributed by atoms with Gasteiger partial charge in [0.05, 0.1) is 0 Å². The molecule has 0 N–H and O–H groups in total. The molecular formula is C40H36B2O. The molecule has 0 aromatic heterocycles. The smallest absolute Gasteiger partial charge is 0.251 e. The molecule has 0 amide bonds. The summed E-state index contributed by atoms with van der Waals surface area (Å²) >= 11 is 0. The molecule has 0 radical (unpaired) electrons. The van der Waals surface area contributed by atoms with Gasteiger partial charge in [0.25, 0.3) is 6.71 Å². The third kappa shape index (κ3) is 4.59. The first-order valence-electron chi connectivity index (χ1n) is 15.3. The Morgan fingerprint density at radius 2 is 0.930 bits per heavy atom. The van der Waals surface area contributed by atoms with Crippen molar-refractivity contribution in [3.8, 4) is 11.5 Å². The fourth-order valence-corrected chi connectivity index (χ4v) is 7.87. The normalized spacial score (nSPS) is 12.1. The minimum absolute atomic E-state index is 0.0621. The summed E-state index contributed by atoms with van der Waals surface area (Å²) in [6.07, 6.45) is 0. The van der Waals surface area contributed by atoms with Gasteiger partial charge in [0, 0.05) is 0 Å². The van der Waals surface area contributed by atoms with E-state index in [2.05, 4.69) is 151 Å². The van der Waals surface area contributed by atoms with E-state index in [1.54, 1.807) is 0 Å². The zero-order valence-corrected chi connectivity index (χ0v) is 26.0. The molecule has 7 rings (SSSR count). The molecule has 0 saturated carbocycles. The molecule has 0 aliphatic carbocycles. The largest absolute Gasteiger partial charge is 0.458 e. The van der Waals surface area contributed by atoms with Crippen LogP contribution < -0.4 is 37.5 Å². The monoisotopic (exact) mass is 554 g/mol. The van der Waals surface area contributed by atoms with E-state index < -0.39 is 0 Å². The van der Waals surface area contributed by atoms with Crippen LogP contribution in [-0.2, 0) is 0 Å². The molecule has 6 aromatic rings. The molecular weight excluding hydrogens is 518 g/mol. The van der Waals surface area contributed by atoms with Crippen LogP contribution in [0.2, 0.25) is 0 Å². The van der Waals surface area contributed by atoms with Crippen molar-refractivity contribution in [2.45, 2.75) is 41.5 Å². The number of hydrogen-bond donors (Lipinski definition) is 0. The highest BCUT2D eigenvalue weighted by atomic mass is 16.5. The van der Waals surface area contributed by atoms with E-state index in [9.17, 15) is 0 Å². The number of aryl methyl sites for hydroxylation is 6. The van der Waals surface area contributed by atoms with Crippen LogP contribution in [0, 0.1) is 41.5 Å². The lowest BCUT2D eigenvalue weighted by molar-refractivity contribution is 0.487. The van der Waals surface area contributed by atoms with Crippen molar-refractivity contribution in [2.24, 2.45) is 0 Å². The van der Waals surface area contributed by atoms with Gasteiger partial charge in [-0.2, -0.15) is 0 Å². The van der Waals surface area contributed by atoms with Crippen LogP contribution in [0.25, 0.3) is 10.8 Å². The van der Waals surface area contributed by atoms with E-state index in [-0.39, 0.29) is 13.4 Å². The average molecular weight is 554 g/mol. The predicted octanol–water partition coefficient (Wildman–Crippen LogP) is 5.83. The van der Waals surface area contributed by atoms with Gasteiger partial charge in [-0.25, -0.2) is 0 Å². The highest BCUT2D eigenvalue weighted by Gasteiger charge is 2.36. The lowest BCUT2D eigenvalue weighted by atomic mass is 9.31. The molecule has 1 nitrogen and oxygen atoms in total. The second-order valence-corrected chi connectivity index (χ2v) is 12.5. The Morgan fingerprint density at radius 1 is 0.488 bits per heavy atom. The fourth-order valence-electron chi connectivity index (χ4n) is 7.87. The molecule has 0 unspecified atom stereocenters. The van der Waals surface area contributed by atoms with Crippen LogP contribution in [0.15, 0.2) is 109 Å². The standard InChI is InChI=1S/C40H36B2O/c1-25-21-27(3)39(28(4)22-25)42(40-29(5)23-26(2)24-30(40)6)35-18-12-14-31-13-11-17-34(38(31)35)41-32-15-7-9-19-36(32)43-37-20-10-8-16-33(37)41/h7-24H,1-6H3. The fraction of sp³-hybridized carbons (Fsp3) is 0.150. The maximum atomic E-state index is 6.44. The second kappa shape index (κ2) is 10.7. The molecule has 0 saturated heterocycles. The first-order chi connectivity index (χ1) is 20.8. The van der Waals surface area contributed by atoms with E-state index in [0.717, 1.165) is 11.5 Å². The number of benzene rings is 6. The summed E-state index contributed by atoms with van der Waals surface area (Å²) in [5.74, 6) is 1.88. The van der Waals surface area contributed by atoms with E-state index in [1.807, 2.05) is 0 Å². The lowest BCUT2D eigenvalue weighted by Crippen LogP contribution is -2.59. The Bertz CT molecular complexity index is 1890. The second-order valence-electron chi connectivity index (χ2n) is 12.5. The van der Waals surface area contributed by atoms with Crippen LogP contribution in [0.4, 0.5) is 0 Å². The van der Waals surface area contributed by atoms with Crippen molar-refractivity contribution < 1.29 is 4.74 Å². The maximum absolute atomic E-state index is 6.44. The summed E-state index contributed by atoms with van der Waals surface area (Å²) in [7, 11) is 0. The first kappa shape index (κ1) is 27.3. The maximum Gasteiger partial charge on any atom is 0.251 e. The van der Waals surface area contributed by atoms with E-state index in [1.165, 1.54) is 76.9 Å². The minimum atomic E-state index is 0.0621. The molecule has 6 aromatic carbocycles. The summed E-state index contributed by atoms with van der Waals surface area (Å²) in [4.78, 5) is 0. The number of rotatable bonds is 4. The molecule has 0 fully saturated rings. The molecule has 0 atom stereocenters. The van der Waals surface area contributed by atoms with Gasteiger partial charge in [0.2, 0.25) is 6.71 Å². The van der Waals surface area contributed by atoms with Crippen molar-refractivity contribution >= 4 is 57.0 Å². The van der Waals surface area contributed by atoms with Gasteiger partial charge in [0.1, 0.15) is 11.5 Å². The molecule has 208 valence electrons. The average Bonchev–Trinajstić information content (AvgIpc) is 2.97. The third-order valence-electron chi connectivity index (χ3n) is 9.32. The summed E-state index contributed by atoms with van der Waals surface area (Å²) < 4.78 is 6.44. The Hall–Kier alpha value is -4.49. The lowest BCUT2D eigenvalue weighted by Gasteiger charge is -2.29. The van der Waals surface area contributed by atoms with Crippen LogP contribution in [0.3, 0.4) is 0 Å². The molecule has 0 bridgehead atoms. The number of hydrogen-bond acceptors (Lipinski definition) is 1. The minimum Gasteiger partial charge on any atom is -0.458 e. The topological polar surface area (TPSA) is 9.23 Å². The Balaban J connectivity index is 1.59. The van der Waals surface area contributed by atoms with Gasteiger partial charge in [-0.1, -0.05) is 152 Å². The van der Waals surface area contributed by atoms with Gasteiger partial charge in [-0.15, -0.1) is 0 Å². The Kier molecular flexibility index (Phi) is 6.78. The van der Waals surface area contributed by atoms with Gasteiger partial charge in [0.15, 0.2) is 0 Å². The summed E-state index contributed by atoms with van der Waals surface area (Å²) in [5, 5.41) is 2.61. The summed E-state index contributed by atoms with van der Waals surface area (Å²) in [6, 6.07) is 40.2. The van der Waals surface area contributed by atoms with Crippen LogP contribution in [0.5, 0.6) is 11.5 Å². The van der Waals surface area contributed by atoms with E-state index in [0.29, 0.717) is 0 Å². The van der Waals surface area contributed by atoms with Crippen LogP contribution in [-0.4, -0.2) is 13.4 Å². The number of fused-ring (bicyclic) bond motifs is 3. The zero-order valence-electron chi connectivity index (χ0n) is 26.0. The highest BCUT2D eigenvalue weighted by Crippen LogP contribution is 2.25. The first-order valence-corrected chi connectivity index (χ1v) is 15.3. The zero-order chi connectivity index (χ0) is 29.8. The number of ether oxygens (including phenoxy) is 1. The Morgan fingerprint density at radius 3 is 1.44 bits per heavy atom. The summed E-state index contributed by atoms with van der Waals surface area (Å²) in [5.41, 5.74) is 15.9. The predicted molar refractivity (Wildman–Crippen MR) is 188 cm³/mol. The molecule has 1 aliphatic heterocycles. The van der Waals surface area contributed by atoms with E-state index >= 15 is 0 Å². The van der Waals surface area contributed by atoms with Gasteiger partial charge < -0.3 is 4.74 Å². The van der Waals surface area contributed by atoms with Crippen molar-refractivity contribution in [3.63, 3.8) is 0 Å². The van der Waals surface area contributed by atoms with Crippen molar-refractivity contribution in [1.82, 2.24) is 0 Å². The van der Waals surface area contributed by atoms with Gasteiger partial charge in [-0.05, 0) is 75.4 Å².